The van der Waals surface area contributed by atoms with Crippen LogP contribution in [0.1, 0.15) is 0 Å². The van der Waals surface area contributed by atoms with Gasteiger partial charge in [-0.15, -0.1) is 0 Å². The lowest BCUT2D eigenvalue weighted by molar-refractivity contribution is 0.171. The SMILES string of the molecule is Nc1cc2c(cc1Oc1ccccc1)OCCO2. The van der Waals surface area contributed by atoms with Gasteiger partial charge in [0.2, 0.25) is 0 Å². The number of nitrogen functional groups attached to an aromatic ring is 1. The van der Waals surface area contributed by atoms with Gasteiger partial charge in [0.1, 0.15) is 19.0 Å². The third-order valence-corrected chi connectivity index (χ3v) is 2.65. The summed E-state index contributed by atoms with van der Waals surface area (Å²) in [5, 5.41) is 0. The van der Waals surface area contributed by atoms with Gasteiger partial charge >= 0.3 is 0 Å². The molecule has 2 aromatic carbocycles. The van der Waals surface area contributed by atoms with Gasteiger partial charge < -0.3 is 19.9 Å². The molecule has 0 atom stereocenters. The van der Waals surface area contributed by atoms with Gasteiger partial charge in [0.05, 0.1) is 5.69 Å². The highest BCUT2D eigenvalue weighted by molar-refractivity contribution is 5.63. The van der Waals surface area contributed by atoms with Gasteiger partial charge in [-0.05, 0) is 12.1 Å². The van der Waals surface area contributed by atoms with Crippen molar-refractivity contribution >= 4 is 5.69 Å². The van der Waals surface area contributed by atoms with E-state index in [1.165, 1.54) is 0 Å². The standard InChI is InChI=1S/C14H13NO3/c15-11-8-13-14(17-7-6-16-13)9-12(11)18-10-4-2-1-3-5-10/h1-5,8-9H,6-7,15H2. The second kappa shape index (κ2) is 4.49. The predicted octanol–water partition coefficient (Wildman–Crippen LogP) is 2.83. The Kier molecular flexibility index (Phi) is 2.68. The van der Waals surface area contributed by atoms with Crippen LogP contribution in [0.15, 0.2) is 42.5 Å². The van der Waals surface area contributed by atoms with Crippen LogP contribution >= 0.6 is 0 Å². The Balaban J connectivity index is 1.92. The van der Waals surface area contributed by atoms with Gasteiger partial charge in [0, 0.05) is 12.1 Å². The molecule has 1 aliphatic rings. The number of anilines is 1. The first kappa shape index (κ1) is 10.8. The number of rotatable bonds is 2. The lowest BCUT2D eigenvalue weighted by Gasteiger charge is -2.20. The molecule has 0 fully saturated rings. The molecule has 0 aromatic heterocycles. The lowest BCUT2D eigenvalue weighted by Crippen LogP contribution is -2.15. The molecule has 0 saturated carbocycles. The van der Waals surface area contributed by atoms with E-state index in [1.807, 2.05) is 30.3 Å². The highest BCUT2D eigenvalue weighted by atomic mass is 16.6. The van der Waals surface area contributed by atoms with Gasteiger partial charge in [-0.3, -0.25) is 0 Å². The number of ether oxygens (including phenoxy) is 3. The van der Waals surface area contributed by atoms with E-state index < -0.39 is 0 Å². The van der Waals surface area contributed by atoms with Crippen LogP contribution in [0.5, 0.6) is 23.0 Å². The van der Waals surface area contributed by atoms with E-state index in [2.05, 4.69) is 0 Å². The summed E-state index contributed by atoms with van der Waals surface area (Å²) < 4.78 is 16.7. The molecule has 4 nitrogen and oxygen atoms in total. The normalized spacial score (nSPS) is 13.1. The zero-order chi connectivity index (χ0) is 12.4. The molecular weight excluding hydrogens is 230 g/mol. The highest BCUT2D eigenvalue weighted by Crippen LogP contribution is 2.39. The van der Waals surface area contributed by atoms with Crippen molar-refractivity contribution in [3.63, 3.8) is 0 Å². The maximum absolute atomic E-state index is 5.93. The number of benzene rings is 2. The second-order valence-electron chi connectivity index (χ2n) is 3.95. The Labute approximate surface area is 105 Å². The minimum Gasteiger partial charge on any atom is -0.486 e. The van der Waals surface area contributed by atoms with Crippen LogP contribution in [0.2, 0.25) is 0 Å². The second-order valence-corrected chi connectivity index (χ2v) is 3.95. The van der Waals surface area contributed by atoms with Crippen molar-refractivity contribution in [2.45, 2.75) is 0 Å². The summed E-state index contributed by atoms with van der Waals surface area (Å²) in [5.74, 6) is 2.65. The summed E-state index contributed by atoms with van der Waals surface area (Å²) in [6, 6.07) is 13.0. The smallest absolute Gasteiger partial charge is 0.165 e. The average molecular weight is 243 g/mol. The zero-order valence-corrected chi connectivity index (χ0v) is 9.76. The molecule has 0 bridgehead atoms. The fourth-order valence-corrected chi connectivity index (χ4v) is 1.79. The molecule has 1 heterocycles. The van der Waals surface area contributed by atoms with E-state index >= 15 is 0 Å². The first-order valence-electron chi connectivity index (χ1n) is 5.75. The van der Waals surface area contributed by atoms with E-state index in [0.29, 0.717) is 36.1 Å². The first-order valence-corrected chi connectivity index (χ1v) is 5.75. The Morgan fingerprint density at radius 1 is 0.944 bits per heavy atom. The molecule has 2 aromatic rings. The predicted molar refractivity (Wildman–Crippen MR) is 68.4 cm³/mol. The van der Waals surface area contributed by atoms with Gasteiger partial charge in [0.15, 0.2) is 17.2 Å². The van der Waals surface area contributed by atoms with E-state index in [-0.39, 0.29) is 0 Å². The molecule has 0 saturated heterocycles. The van der Waals surface area contributed by atoms with Gasteiger partial charge in [0.25, 0.3) is 0 Å². The topological polar surface area (TPSA) is 53.7 Å². The third kappa shape index (κ3) is 2.05. The first-order chi connectivity index (χ1) is 8.83. The molecule has 0 aliphatic carbocycles. The van der Waals surface area contributed by atoms with Crippen LogP contribution in [-0.4, -0.2) is 13.2 Å². The van der Waals surface area contributed by atoms with Gasteiger partial charge in [-0.1, -0.05) is 18.2 Å². The van der Waals surface area contributed by atoms with Gasteiger partial charge in [-0.2, -0.15) is 0 Å². The largest absolute Gasteiger partial charge is 0.486 e. The molecule has 2 N–H and O–H groups in total. The summed E-state index contributed by atoms with van der Waals surface area (Å²) in [6.45, 7) is 1.09. The van der Waals surface area contributed by atoms with Gasteiger partial charge in [-0.25, -0.2) is 0 Å². The van der Waals surface area contributed by atoms with Crippen molar-refractivity contribution in [1.29, 1.82) is 0 Å². The fraction of sp³-hybridized carbons (Fsp3) is 0.143. The number of hydrogen-bond acceptors (Lipinski definition) is 4. The monoisotopic (exact) mass is 243 g/mol. The minimum absolute atomic E-state index is 0.531. The van der Waals surface area contributed by atoms with Crippen molar-refractivity contribution in [1.82, 2.24) is 0 Å². The summed E-state index contributed by atoms with van der Waals surface area (Å²) in [6.07, 6.45) is 0. The Hall–Kier alpha value is -2.36. The summed E-state index contributed by atoms with van der Waals surface area (Å²) in [5.41, 5.74) is 6.46. The number of para-hydroxylation sites is 1. The van der Waals surface area contributed by atoms with Crippen LogP contribution < -0.4 is 19.9 Å². The number of hydrogen-bond donors (Lipinski definition) is 1. The van der Waals surface area contributed by atoms with Crippen LogP contribution in [0.3, 0.4) is 0 Å². The lowest BCUT2D eigenvalue weighted by atomic mass is 10.2. The molecule has 0 unspecified atom stereocenters. The van der Waals surface area contributed by atoms with Crippen molar-refractivity contribution in [2.75, 3.05) is 18.9 Å². The maximum Gasteiger partial charge on any atom is 0.165 e. The van der Waals surface area contributed by atoms with Crippen LogP contribution in [0.25, 0.3) is 0 Å². The van der Waals surface area contributed by atoms with Crippen molar-refractivity contribution in [3.05, 3.63) is 42.5 Å². The quantitative estimate of drug-likeness (QED) is 0.824. The maximum atomic E-state index is 5.93. The molecule has 0 amide bonds. The van der Waals surface area contributed by atoms with Crippen molar-refractivity contribution in [2.24, 2.45) is 0 Å². The molecule has 4 heteroatoms. The summed E-state index contributed by atoms with van der Waals surface area (Å²) >= 11 is 0. The molecule has 0 radical (unpaired) electrons. The third-order valence-electron chi connectivity index (χ3n) is 2.65. The average Bonchev–Trinajstić information content (AvgIpc) is 2.41. The molecule has 0 spiro atoms. The Bertz CT molecular complexity index is 554. The van der Waals surface area contributed by atoms with Crippen LogP contribution in [-0.2, 0) is 0 Å². The summed E-state index contributed by atoms with van der Waals surface area (Å²) in [4.78, 5) is 0. The number of fused-ring (bicyclic) bond motifs is 1. The summed E-state index contributed by atoms with van der Waals surface area (Å²) in [7, 11) is 0. The number of nitrogens with two attached hydrogens (primary N) is 1. The molecule has 18 heavy (non-hydrogen) atoms. The van der Waals surface area contributed by atoms with Crippen molar-refractivity contribution in [3.8, 4) is 23.0 Å². The molecule has 3 rings (SSSR count). The Morgan fingerprint density at radius 3 is 2.33 bits per heavy atom. The molecule has 92 valence electrons. The van der Waals surface area contributed by atoms with E-state index in [0.717, 1.165) is 5.75 Å². The fourth-order valence-electron chi connectivity index (χ4n) is 1.79. The molecule has 1 aliphatic heterocycles. The van der Waals surface area contributed by atoms with Crippen LogP contribution in [0, 0.1) is 0 Å². The Morgan fingerprint density at radius 2 is 1.61 bits per heavy atom. The van der Waals surface area contributed by atoms with E-state index in [9.17, 15) is 0 Å². The van der Waals surface area contributed by atoms with E-state index in [4.69, 9.17) is 19.9 Å². The zero-order valence-electron chi connectivity index (χ0n) is 9.76. The van der Waals surface area contributed by atoms with E-state index in [1.54, 1.807) is 12.1 Å². The highest BCUT2D eigenvalue weighted by Gasteiger charge is 2.15. The van der Waals surface area contributed by atoms with Crippen LogP contribution in [0.4, 0.5) is 5.69 Å². The molecular formula is C14H13NO3. The van der Waals surface area contributed by atoms with Crippen molar-refractivity contribution < 1.29 is 14.2 Å². The minimum atomic E-state index is 0.531.